The molecule has 3 aromatic rings. The first-order valence-corrected chi connectivity index (χ1v) is 8.54. The maximum Gasteiger partial charge on any atom is 0.252 e. The van der Waals surface area contributed by atoms with Gasteiger partial charge >= 0.3 is 0 Å². The number of nitrogens with one attached hydrogen (secondary N) is 1. The van der Waals surface area contributed by atoms with E-state index in [2.05, 4.69) is 31.4 Å². The molecule has 0 fully saturated rings. The van der Waals surface area contributed by atoms with Crippen LogP contribution < -0.4 is 10.1 Å². The molecule has 0 radical (unpaired) electrons. The highest BCUT2D eigenvalue weighted by Gasteiger charge is 2.10. The monoisotopic (exact) mass is 421 g/mol. The molecular formula is C17H13BrClN3O3. The molecule has 8 heteroatoms. The zero-order valence-electron chi connectivity index (χ0n) is 12.9. The summed E-state index contributed by atoms with van der Waals surface area (Å²) in [5.41, 5.74) is 1.02. The molecule has 0 aliphatic carbocycles. The number of carbonyl (C=O) groups is 1. The Morgan fingerprint density at radius 1 is 1.24 bits per heavy atom. The Hall–Kier alpha value is -2.38. The van der Waals surface area contributed by atoms with Gasteiger partial charge in [-0.25, -0.2) is 0 Å². The maximum atomic E-state index is 12.1. The minimum absolute atomic E-state index is 0.256. The van der Waals surface area contributed by atoms with Crippen LogP contribution in [0.3, 0.4) is 0 Å². The Labute approximate surface area is 157 Å². The van der Waals surface area contributed by atoms with Crippen LogP contribution in [0.25, 0.3) is 11.5 Å². The minimum atomic E-state index is -0.269. The van der Waals surface area contributed by atoms with Gasteiger partial charge in [-0.1, -0.05) is 27.5 Å². The van der Waals surface area contributed by atoms with Crippen LogP contribution in [0, 0.1) is 0 Å². The van der Waals surface area contributed by atoms with E-state index in [1.807, 2.05) is 0 Å². The molecule has 128 valence electrons. The summed E-state index contributed by atoms with van der Waals surface area (Å²) in [5.74, 6) is 0.733. The predicted octanol–water partition coefficient (Wildman–Crippen LogP) is 3.96. The molecule has 0 unspecified atom stereocenters. The summed E-state index contributed by atoms with van der Waals surface area (Å²) in [5, 5.41) is 11.1. The summed E-state index contributed by atoms with van der Waals surface area (Å²) in [6.45, 7) is 0.565. The molecule has 0 aliphatic rings. The van der Waals surface area contributed by atoms with E-state index in [1.54, 1.807) is 48.7 Å². The number of amides is 1. The summed E-state index contributed by atoms with van der Waals surface area (Å²) in [7, 11) is 0. The molecule has 2 aromatic heterocycles. The molecule has 0 spiro atoms. The van der Waals surface area contributed by atoms with Crippen molar-refractivity contribution in [3.8, 4) is 17.3 Å². The molecule has 2 heterocycles. The fraction of sp³-hybridized carbons (Fsp3) is 0.118. The minimum Gasteiger partial charge on any atom is -0.475 e. The Morgan fingerprint density at radius 3 is 2.84 bits per heavy atom. The van der Waals surface area contributed by atoms with Crippen molar-refractivity contribution in [2.75, 3.05) is 13.2 Å². The van der Waals surface area contributed by atoms with Crippen LogP contribution in [-0.2, 0) is 0 Å². The molecule has 0 bridgehead atoms. The summed E-state index contributed by atoms with van der Waals surface area (Å²) >= 11 is 9.33. The number of hydrogen-bond acceptors (Lipinski definition) is 5. The van der Waals surface area contributed by atoms with E-state index in [1.165, 1.54) is 0 Å². The van der Waals surface area contributed by atoms with E-state index >= 15 is 0 Å². The van der Waals surface area contributed by atoms with Gasteiger partial charge in [0.2, 0.25) is 5.88 Å². The third kappa shape index (κ3) is 4.58. The lowest BCUT2D eigenvalue weighted by molar-refractivity contribution is 0.0946. The average Bonchev–Trinajstić information content (AvgIpc) is 3.16. The topological polar surface area (TPSA) is 77.2 Å². The Balaban J connectivity index is 1.48. The van der Waals surface area contributed by atoms with Crippen LogP contribution in [0.1, 0.15) is 10.4 Å². The van der Waals surface area contributed by atoms with Crippen molar-refractivity contribution in [2.45, 2.75) is 0 Å². The van der Waals surface area contributed by atoms with Gasteiger partial charge in [-0.05, 0) is 36.4 Å². The predicted molar refractivity (Wildman–Crippen MR) is 96.7 cm³/mol. The van der Waals surface area contributed by atoms with Crippen molar-refractivity contribution < 1.29 is 13.9 Å². The lowest BCUT2D eigenvalue weighted by atomic mass is 10.2. The first-order valence-electron chi connectivity index (χ1n) is 7.37. The van der Waals surface area contributed by atoms with Gasteiger partial charge in [0.05, 0.1) is 23.4 Å². The maximum absolute atomic E-state index is 12.1. The van der Waals surface area contributed by atoms with Crippen molar-refractivity contribution in [1.82, 2.24) is 15.5 Å². The Kier molecular flexibility index (Phi) is 5.67. The second-order valence-electron chi connectivity index (χ2n) is 4.96. The van der Waals surface area contributed by atoms with Crippen LogP contribution in [0.15, 0.2) is 57.6 Å². The van der Waals surface area contributed by atoms with E-state index < -0.39 is 0 Å². The smallest absolute Gasteiger partial charge is 0.252 e. The van der Waals surface area contributed by atoms with Crippen molar-refractivity contribution in [3.05, 3.63) is 63.8 Å². The van der Waals surface area contributed by atoms with Crippen molar-refractivity contribution >= 4 is 33.4 Å². The number of hydrogen-bond donors (Lipinski definition) is 1. The van der Waals surface area contributed by atoms with Gasteiger partial charge in [-0.3, -0.25) is 4.79 Å². The molecule has 25 heavy (non-hydrogen) atoms. The second-order valence-corrected chi connectivity index (χ2v) is 6.29. The molecule has 0 saturated heterocycles. The molecule has 3 rings (SSSR count). The van der Waals surface area contributed by atoms with Crippen molar-refractivity contribution in [1.29, 1.82) is 0 Å². The molecular weight excluding hydrogens is 410 g/mol. The molecule has 1 N–H and O–H groups in total. The number of nitrogens with zero attached hydrogens (tertiary/aromatic N) is 2. The number of halogens is 2. The Bertz CT molecular complexity index is 854. The van der Waals surface area contributed by atoms with Crippen molar-refractivity contribution in [2.24, 2.45) is 0 Å². The molecule has 0 saturated carbocycles. The highest BCUT2D eigenvalue weighted by molar-refractivity contribution is 9.10. The molecule has 0 aliphatic heterocycles. The summed E-state index contributed by atoms with van der Waals surface area (Å²) in [6, 6.07) is 12.1. The van der Waals surface area contributed by atoms with Crippen LogP contribution >= 0.6 is 27.5 Å². The van der Waals surface area contributed by atoms with Gasteiger partial charge in [0, 0.05) is 10.5 Å². The van der Waals surface area contributed by atoms with Gasteiger partial charge in [0.25, 0.3) is 5.91 Å². The lowest BCUT2D eigenvalue weighted by Gasteiger charge is -2.08. The van der Waals surface area contributed by atoms with Gasteiger partial charge in [-0.2, -0.15) is 0 Å². The normalized spacial score (nSPS) is 10.5. The summed E-state index contributed by atoms with van der Waals surface area (Å²) < 4.78 is 11.5. The number of ether oxygens (including phenoxy) is 1. The molecule has 1 aromatic carbocycles. The third-order valence-corrected chi connectivity index (χ3v) is 4.05. The zero-order chi connectivity index (χ0) is 17.6. The van der Waals surface area contributed by atoms with E-state index in [9.17, 15) is 4.79 Å². The fourth-order valence-corrected chi connectivity index (χ4v) is 2.60. The van der Waals surface area contributed by atoms with E-state index in [-0.39, 0.29) is 12.5 Å². The lowest BCUT2D eigenvalue weighted by Crippen LogP contribution is -2.28. The number of benzene rings is 1. The quantitative estimate of drug-likeness (QED) is 0.608. The number of rotatable bonds is 6. The van der Waals surface area contributed by atoms with Gasteiger partial charge in [0.15, 0.2) is 5.76 Å². The second kappa shape index (κ2) is 8.13. The largest absolute Gasteiger partial charge is 0.475 e. The summed E-state index contributed by atoms with van der Waals surface area (Å²) in [4.78, 5) is 12.1. The van der Waals surface area contributed by atoms with Gasteiger partial charge < -0.3 is 14.5 Å². The number of carbonyl (C=O) groups excluding carboxylic acids is 1. The van der Waals surface area contributed by atoms with Gasteiger partial charge in [0.1, 0.15) is 12.3 Å². The van der Waals surface area contributed by atoms with Crippen LogP contribution in [0.2, 0.25) is 5.02 Å². The Morgan fingerprint density at radius 2 is 2.12 bits per heavy atom. The first kappa shape index (κ1) is 17.4. The SMILES string of the molecule is O=C(NCCOc1ccc(-c2ccco2)nn1)c1cc(Br)ccc1Cl. The zero-order valence-corrected chi connectivity index (χ0v) is 15.3. The molecule has 6 nitrogen and oxygen atoms in total. The van der Waals surface area contributed by atoms with E-state index in [0.29, 0.717) is 34.5 Å². The number of furan rings is 1. The number of aromatic nitrogens is 2. The first-order chi connectivity index (χ1) is 12.1. The van der Waals surface area contributed by atoms with Crippen LogP contribution in [0.5, 0.6) is 5.88 Å². The van der Waals surface area contributed by atoms with E-state index in [4.69, 9.17) is 20.8 Å². The third-order valence-electron chi connectivity index (χ3n) is 3.22. The van der Waals surface area contributed by atoms with Gasteiger partial charge in [-0.15, -0.1) is 10.2 Å². The highest BCUT2D eigenvalue weighted by Crippen LogP contribution is 2.21. The highest BCUT2D eigenvalue weighted by atomic mass is 79.9. The molecule has 0 atom stereocenters. The van der Waals surface area contributed by atoms with E-state index in [0.717, 1.165) is 4.47 Å². The summed E-state index contributed by atoms with van der Waals surface area (Å²) in [6.07, 6.45) is 1.57. The fourth-order valence-electron chi connectivity index (χ4n) is 2.04. The average molecular weight is 423 g/mol. The molecule has 1 amide bonds. The van der Waals surface area contributed by atoms with Crippen LogP contribution in [-0.4, -0.2) is 29.3 Å². The standard InChI is InChI=1S/C17H13BrClN3O3/c18-11-3-4-13(19)12(10-11)17(23)20-7-9-25-16-6-5-14(21-22-16)15-2-1-8-24-15/h1-6,8,10H,7,9H2,(H,20,23). The van der Waals surface area contributed by atoms with Crippen molar-refractivity contribution in [3.63, 3.8) is 0 Å². The van der Waals surface area contributed by atoms with Crippen LogP contribution in [0.4, 0.5) is 0 Å².